The van der Waals surface area contributed by atoms with Crippen molar-refractivity contribution in [3.63, 3.8) is 0 Å². The minimum absolute atomic E-state index is 0.00678. The van der Waals surface area contributed by atoms with Crippen LogP contribution in [0.2, 0.25) is 0 Å². The molecule has 2 aliphatic rings. The number of benzene rings is 2. The Hall–Kier alpha value is -3.29. The number of hydrogen-bond acceptors (Lipinski definition) is 8. The number of amides is 1. The molecule has 0 spiro atoms. The molecule has 1 aliphatic carbocycles. The monoisotopic (exact) mass is 605 g/mol. The van der Waals surface area contributed by atoms with E-state index in [1.165, 1.54) is 16.3 Å². The number of piperazine rings is 1. The van der Waals surface area contributed by atoms with E-state index in [1.807, 2.05) is 4.90 Å². The molecule has 42 heavy (non-hydrogen) atoms. The van der Waals surface area contributed by atoms with Crippen LogP contribution in [-0.2, 0) is 15.7 Å². The number of nitro groups is 1. The minimum atomic E-state index is -4.82. The van der Waals surface area contributed by atoms with Gasteiger partial charge in [-0.3, -0.25) is 19.8 Å². The number of alkyl halides is 3. The zero-order valence-corrected chi connectivity index (χ0v) is 24.3. The predicted molar refractivity (Wildman–Crippen MR) is 155 cm³/mol. The first-order valence-corrected chi connectivity index (χ1v) is 14.9. The summed E-state index contributed by atoms with van der Waals surface area (Å²) in [6, 6.07) is 9.38. The molecular formula is C29H34F3N5O4S. The maximum absolute atomic E-state index is 13.3. The molecule has 5 rings (SSSR count). The number of fused-ring (bicyclic) bond motifs is 1. The third-order valence-corrected chi connectivity index (χ3v) is 9.32. The quantitative estimate of drug-likeness (QED) is 0.242. The third kappa shape index (κ3) is 7.01. The summed E-state index contributed by atoms with van der Waals surface area (Å²) in [5.74, 6) is -0.0384. The third-order valence-electron chi connectivity index (χ3n) is 8.12. The largest absolute Gasteiger partial charge is 0.423 e. The second kappa shape index (κ2) is 12.5. The number of rotatable bonds is 8. The molecule has 1 saturated carbocycles. The second-order valence-corrected chi connectivity index (χ2v) is 12.1. The van der Waals surface area contributed by atoms with Crippen molar-refractivity contribution >= 4 is 38.8 Å². The number of carbonyl (C=O) groups excluding carboxylic acids is 1. The lowest BCUT2D eigenvalue weighted by molar-refractivity contribution is -0.388. The van der Waals surface area contributed by atoms with Crippen molar-refractivity contribution in [3.05, 3.63) is 62.6 Å². The van der Waals surface area contributed by atoms with E-state index in [9.17, 15) is 28.1 Å². The highest BCUT2D eigenvalue weighted by Crippen LogP contribution is 2.38. The number of nitrogens with zero attached hydrogens (tertiary/aromatic N) is 4. The molecule has 1 aliphatic heterocycles. The van der Waals surface area contributed by atoms with Gasteiger partial charge in [0.2, 0.25) is 5.91 Å². The number of carbonyl (C=O) groups is 1. The standard InChI is InChI=1S/C29H34F3N5O4S/c1-18-3-10-26-24(15-18)34-28(42-26)19(2)35-11-13-36(14-12-35)27(38)17-41-22-7-4-20(5-8-22)33-21-6-9-25(37(39)40)23(16-21)29(30,31)32/h3,6,9-10,15-16,19-20,22,33H,4-5,7-8,11-14,17H2,1-2H3. The van der Waals surface area contributed by atoms with E-state index >= 15 is 0 Å². The van der Waals surface area contributed by atoms with Crippen molar-refractivity contribution in [2.45, 2.75) is 63.9 Å². The number of aryl methyl sites for hydroxylation is 1. The number of nitro benzene ring substituents is 1. The van der Waals surface area contributed by atoms with Gasteiger partial charge in [-0.15, -0.1) is 11.3 Å². The minimum Gasteiger partial charge on any atom is -0.382 e. The Morgan fingerprint density at radius 3 is 2.52 bits per heavy atom. The summed E-state index contributed by atoms with van der Waals surface area (Å²) in [5.41, 5.74) is 0.180. The molecule has 1 aromatic heterocycles. The predicted octanol–water partition coefficient (Wildman–Crippen LogP) is 6.18. The second-order valence-electron chi connectivity index (χ2n) is 11.0. The van der Waals surface area contributed by atoms with Crippen LogP contribution in [0.5, 0.6) is 0 Å². The van der Waals surface area contributed by atoms with Gasteiger partial charge in [-0.1, -0.05) is 6.07 Å². The molecule has 226 valence electrons. The van der Waals surface area contributed by atoms with Crippen LogP contribution in [0.4, 0.5) is 24.5 Å². The molecule has 13 heteroatoms. The van der Waals surface area contributed by atoms with E-state index < -0.39 is 22.4 Å². The lowest BCUT2D eigenvalue weighted by Gasteiger charge is -2.37. The molecule has 2 heterocycles. The summed E-state index contributed by atoms with van der Waals surface area (Å²) in [5, 5.41) is 15.1. The molecule has 9 nitrogen and oxygen atoms in total. The van der Waals surface area contributed by atoms with Crippen molar-refractivity contribution in [3.8, 4) is 0 Å². The van der Waals surface area contributed by atoms with Gasteiger partial charge in [0.05, 0.1) is 27.3 Å². The highest BCUT2D eigenvalue weighted by molar-refractivity contribution is 7.18. The zero-order valence-electron chi connectivity index (χ0n) is 23.5. The molecule has 2 aromatic carbocycles. The van der Waals surface area contributed by atoms with Gasteiger partial charge in [-0.05, 0) is 69.4 Å². The molecule has 3 aromatic rings. The van der Waals surface area contributed by atoms with Gasteiger partial charge in [-0.25, -0.2) is 4.98 Å². The molecule has 0 radical (unpaired) electrons. The van der Waals surface area contributed by atoms with Crippen LogP contribution in [-0.4, -0.2) is 70.5 Å². The van der Waals surface area contributed by atoms with E-state index in [2.05, 4.69) is 42.3 Å². The summed E-state index contributed by atoms with van der Waals surface area (Å²) < 4.78 is 47.0. The van der Waals surface area contributed by atoms with Crippen LogP contribution >= 0.6 is 11.3 Å². The fraction of sp³-hybridized carbons (Fsp3) is 0.517. The topological polar surface area (TPSA) is 101 Å². The van der Waals surface area contributed by atoms with Crippen LogP contribution in [0.3, 0.4) is 0 Å². The fourth-order valence-electron chi connectivity index (χ4n) is 5.65. The average Bonchev–Trinajstić information content (AvgIpc) is 3.39. The lowest BCUT2D eigenvalue weighted by Crippen LogP contribution is -2.50. The smallest absolute Gasteiger partial charge is 0.382 e. The summed E-state index contributed by atoms with van der Waals surface area (Å²) >= 11 is 1.71. The number of hydrogen-bond donors (Lipinski definition) is 1. The summed E-state index contributed by atoms with van der Waals surface area (Å²) in [6.45, 7) is 7.01. The summed E-state index contributed by atoms with van der Waals surface area (Å²) in [4.78, 5) is 31.8. The van der Waals surface area contributed by atoms with Gasteiger partial charge in [0.25, 0.3) is 5.69 Å². The maximum Gasteiger partial charge on any atom is 0.423 e. The first-order valence-electron chi connectivity index (χ1n) is 14.1. The molecular weight excluding hydrogens is 571 g/mol. The Labute approximate surface area is 245 Å². The Morgan fingerprint density at radius 1 is 1.14 bits per heavy atom. The Bertz CT molecular complexity index is 1430. The van der Waals surface area contributed by atoms with E-state index in [-0.39, 0.29) is 36.4 Å². The molecule has 1 saturated heterocycles. The first-order chi connectivity index (χ1) is 20.0. The Morgan fingerprint density at radius 2 is 1.86 bits per heavy atom. The Balaban J connectivity index is 1.04. The zero-order chi connectivity index (χ0) is 30.0. The summed E-state index contributed by atoms with van der Waals surface area (Å²) in [6.07, 6.45) is -2.29. The van der Waals surface area contributed by atoms with Gasteiger partial charge < -0.3 is 15.0 Å². The van der Waals surface area contributed by atoms with E-state index in [0.29, 0.717) is 38.8 Å². The van der Waals surface area contributed by atoms with Crippen LogP contribution in [0, 0.1) is 17.0 Å². The van der Waals surface area contributed by atoms with Gasteiger partial charge >= 0.3 is 6.18 Å². The SMILES string of the molecule is Cc1ccc2sc(C(C)N3CCN(C(=O)COC4CCC(Nc5ccc([N+](=O)[O-])c(C(F)(F)F)c5)CC4)CC3)nc2c1. The van der Waals surface area contributed by atoms with Crippen LogP contribution < -0.4 is 5.32 Å². The molecule has 0 bridgehead atoms. The molecule has 1 unspecified atom stereocenters. The average molecular weight is 606 g/mol. The maximum atomic E-state index is 13.3. The van der Waals surface area contributed by atoms with Gasteiger partial charge in [-0.2, -0.15) is 13.2 Å². The van der Waals surface area contributed by atoms with Crippen LogP contribution in [0.25, 0.3) is 10.2 Å². The number of aromatic nitrogens is 1. The van der Waals surface area contributed by atoms with E-state index in [1.54, 1.807) is 11.3 Å². The number of nitrogens with one attached hydrogen (secondary N) is 1. The van der Waals surface area contributed by atoms with Crippen LogP contribution in [0.1, 0.15) is 54.8 Å². The van der Waals surface area contributed by atoms with Crippen molar-refractivity contribution in [2.75, 3.05) is 38.1 Å². The van der Waals surface area contributed by atoms with Crippen molar-refractivity contribution in [1.82, 2.24) is 14.8 Å². The fourth-order valence-corrected chi connectivity index (χ4v) is 6.68. The van der Waals surface area contributed by atoms with Crippen LogP contribution in [0.15, 0.2) is 36.4 Å². The van der Waals surface area contributed by atoms with Crippen molar-refractivity contribution in [1.29, 1.82) is 0 Å². The molecule has 1 amide bonds. The summed E-state index contributed by atoms with van der Waals surface area (Å²) in [7, 11) is 0. The molecule has 1 atom stereocenters. The van der Waals surface area contributed by atoms with Gasteiger partial charge in [0, 0.05) is 44.0 Å². The lowest BCUT2D eigenvalue weighted by atomic mass is 9.92. The van der Waals surface area contributed by atoms with Gasteiger partial charge in [0.1, 0.15) is 17.2 Å². The molecule has 2 fully saturated rings. The van der Waals surface area contributed by atoms with Crippen molar-refractivity contribution < 1.29 is 27.6 Å². The highest BCUT2D eigenvalue weighted by atomic mass is 32.1. The van der Waals surface area contributed by atoms with E-state index in [0.717, 1.165) is 35.7 Å². The highest BCUT2D eigenvalue weighted by Gasteiger charge is 2.38. The number of anilines is 1. The Kier molecular flexibility index (Phi) is 9.00. The molecule has 1 N–H and O–H groups in total. The normalized spacial score (nSPS) is 20.9. The van der Waals surface area contributed by atoms with Gasteiger partial charge in [0.15, 0.2) is 0 Å². The van der Waals surface area contributed by atoms with Crippen molar-refractivity contribution in [2.24, 2.45) is 0 Å². The first kappa shape index (κ1) is 30.2. The number of ether oxygens (including phenoxy) is 1. The number of halogens is 3. The number of thiazole rings is 1. The van der Waals surface area contributed by atoms with E-state index in [4.69, 9.17) is 9.72 Å².